The number of hydrogen-bond donors (Lipinski definition) is 1. The van der Waals surface area contributed by atoms with Crippen molar-refractivity contribution in [1.82, 2.24) is 10.2 Å². The molecule has 0 saturated carbocycles. The van der Waals surface area contributed by atoms with Gasteiger partial charge in [0.25, 0.3) is 0 Å². The number of hydrogen-bond acceptors (Lipinski definition) is 4. The van der Waals surface area contributed by atoms with Crippen LogP contribution >= 0.6 is 11.6 Å². The number of nitrogens with one attached hydrogen (secondary N) is 1. The van der Waals surface area contributed by atoms with Crippen molar-refractivity contribution in [2.75, 3.05) is 33.0 Å². The van der Waals surface area contributed by atoms with E-state index < -0.39 is 0 Å². The molecule has 0 aromatic heterocycles. The average Bonchev–Trinajstić information content (AvgIpc) is 2.91. The van der Waals surface area contributed by atoms with Gasteiger partial charge in [-0.15, -0.1) is 0 Å². The van der Waals surface area contributed by atoms with Crippen LogP contribution in [-0.4, -0.2) is 37.9 Å². The standard InChI is InChI=1S/C19H21ClN2O2/c20-16-5-2-14(3-6-16)19(22-10-1-8-21-9-11-22)15-4-7-17-18(12-15)24-13-23-17/h2-7,12,19,21H,1,8-11,13H2. The van der Waals surface area contributed by atoms with Gasteiger partial charge in [-0.1, -0.05) is 29.8 Å². The highest BCUT2D eigenvalue weighted by Gasteiger charge is 2.25. The van der Waals surface area contributed by atoms with Gasteiger partial charge < -0.3 is 14.8 Å². The molecule has 0 bridgehead atoms. The largest absolute Gasteiger partial charge is 0.454 e. The molecule has 2 heterocycles. The van der Waals surface area contributed by atoms with Gasteiger partial charge in [-0.2, -0.15) is 0 Å². The second kappa shape index (κ2) is 7.01. The van der Waals surface area contributed by atoms with E-state index in [4.69, 9.17) is 21.1 Å². The van der Waals surface area contributed by atoms with E-state index in [1.54, 1.807) is 0 Å². The number of rotatable bonds is 3. The number of halogens is 1. The summed E-state index contributed by atoms with van der Waals surface area (Å²) in [4.78, 5) is 2.53. The average molecular weight is 345 g/mol. The molecule has 0 radical (unpaired) electrons. The Morgan fingerprint density at radius 1 is 0.917 bits per heavy atom. The highest BCUT2D eigenvalue weighted by atomic mass is 35.5. The Bertz CT molecular complexity index is 697. The summed E-state index contributed by atoms with van der Waals surface area (Å²) in [6.45, 7) is 4.47. The Morgan fingerprint density at radius 3 is 2.58 bits per heavy atom. The Labute approximate surface area is 147 Å². The van der Waals surface area contributed by atoms with Crippen molar-refractivity contribution >= 4 is 11.6 Å². The van der Waals surface area contributed by atoms with Gasteiger partial charge in [-0.05, 0) is 48.4 Å². The lowest BCUT2D eigenvalue weighted by molar-refractivity contribution is 0.173. The lowest BCUT2D eigenvalue weighted by atomic mass is 9.96. The minimum atomic E-state index is 0.191. The highest BCUT2D eigenvalue weighted by Crippen LogP contribution is 2.38. The van der Waals surface area contributed by atoms with Gasteiger partial charge in [0.15, 0.2) is 11.5 Å². The molecule has 2 aromatic carbocycles. The first-order valence-corrected chi connectivity index (χ1v) is 8.79. The van der Waals surface area contributed by atoms with Crippen LogP contribution in [0.3, 0.4) is 0 Å². The topological polar surface area (TPSA) is 33.7 Å². The second-order valence-electron chi connectivity index (χ2n) is 6.21. The zero-order valence-corrected chi connectivity index (χ0v) is 14.3. The first kappa shape index (κ1) is 15.8. The maximum Gasteiger partial charge on any atom is 0.231 e. The molecule has 4 nitrogen and oxygen atoms in total. The van der Waals surface area contributed by atoms with Gasteiger partial charge in [0.2, 0.25) is 6.79 Å². The first-order valence-electron chi connectivity index (χ1n) is 8.41. The molecular formula is C19H21ClN2O2. The van der Waals surface area contributed by atoms with Crippen molar-refractivity contribution in [3.63, 3.8) is 0 Å². The summed E-state index contributed by atoms with van der Waals surface area (Å²) in [5.41, 5.74) is 2.48. The number of nitrogens with zero attached hydrogens (tertiary/aromatic N) is 1. The smallest absolute Gasteiger partial charge is 0.231 e. The van der Waals surface area contributed by atoms with E-state index >= 15 is 0 Å². The summed E-state index contributed by atoms with van der Waals surface area (Å²) >= 11 is 6.09. The maximum absolute atomic E-state index is 6.09. The molecule has 0 spiro atoms. The summed E-state index contributed by atoms with van der Waals surface area (Å²) in [5.74, 6) is 1.66. The van der Waals surface area contributed by atoms with Crippen molar-refractivity contribution in [2.24, 2.45) is 0 Å². The number of fused-ring (bicyclic) bond motifs is 1. The highest BCUT2D eigenvalue weighted by molar-refractivity contribution is 6.30. The predicted molar refractivity (Wildman–Crippen MR) is 94.9 cm³/mol. The Hall–Kier alpha value is -1.75. The molecule has 24 heavy (non-hydrogen) atoms. The number of benzene rings is 2. The van der Waals surface area contributed by atoms with E-state index in [9.17, 15) is 0 Å². The molecule has 2 aromatic rings. The molecule has 1 fully saturated rings. The lowest BCUT2D eigenvalue weighted by Gasteiger charge is -2.31. The van der Waals surface area contributed by atoms with E-state index in [0.29, 0.717) is 6.79 Å². The molecule has 2 aliphatic heterocycles. The fourth-order valence-corrected chi connectivity index (χ4v) is 3.59. The summed E-state index contributed by atoms with van der Waals surface area (Å²) in [5, 5.41) is 4.24. The molecule has 4 rings (SSSR count). The molecule has 126 valence electrons. The van der Waals surface area contributed by atoms with Crippen molar-refractivity contribution in [1.29, 1.82) is 0 Å². The van der Waals surface area contributed by atoms with Crippen LogP contribution < -0.4 is 14.8 Å². The van der Waals surface area contributed by atoms with Crippen molar-refractivity contribution in [3.05, 3.63) is 58.6 Å². The predicted octanol–water partition coefficient (Wildman–Crippen LogP) is 3.45. The SMILES string of the molecule is Clc1ccc(C(c2ccc3c(c2)OCO3)N2CCCNCC2)cc1. The fourth-order valence-electron chi connectivity index (χ4n) is 3.47. The quantitative estimate of drug-likeness (QED) is 0.924. The molecule has 1 N–H and O–H groups in total. The van der Waals surface area contributed by atoms with E-state index in [0.717, 1.165) is 49.1 Å². The van der Waals surface area contributed by atoms with E-state index in [-0.39, 0.29) is 6.04 Å². The maximum atomic E-state index is 6.09. The monoisotopic (exact) mass is 344 g/mol. The minimum absolute atomic E-state index is 0.191. The van der Waals surface area contributed by atoms with Crippen LogP contribution in [0.25, 0.3) is 0 Å². The van der Waals surface area contributed by atoms with Crippen LogP contribution in [0.5, 0.6) is 11.5 Å². The van der Waals surface area contributed by atoms with E-state index in [1.165, 1.54) is 11.1 Å². The molecule has 1 saturated heterocycles. The third-order valence-corrected chi connectivity index (χ3v) is 4.89. The zero-order valence-electron chi connectivity index (χ0n) is 13.5. The van der Waals surface area contributed by atoms with Gasteiger partial charge in [-0.25, -0.2) is 0 Å². The summed E-state index contributed by atoms with van der Waals surface area (Å²) in [6.07, 6.45) is 1.15. The Kier molecular flexibility index (Phi) is 4.60. The second-order valence-corrected chi connectivity index (χ2v) is 6.64. The van der Waals surface area contributed by atoms with Crippen LogP contribution in [0.15, 0.2) is 42.5 Å². The van der Waals surface area contributed by atoms with E-state index in [2.05, 4.69) is 34.5 Å². The van der Waals surface area contributed by atoms with Gasteiger partial charge in [0.05, 0.1) is 6.04 Å². The molecule has 1 unspecified atom stereocenters. The van der Waals surface area contributed by atoms with Crippen LogP contribution in [0.1, 0.15) is 23.6 Å². The molecule has 0 aliphatic carbocycles. The van der Waals surface area contributed by atoms with Gasteiger partial charge in [-0.3, -0.25) is 4.90 Å². The van der Waals surface area contributed by atoms with Gasteiger partial charge >= 0.3 is 0 Å². The van der Waals surface area contributed by atoms with Crippen molar-refractivity contribution < 1.29 is 9.47 Å². The summed E-state index contributed by atoms with van der Waals surface area (Å²) in [6, 6.07) is 14.6. The summed E-state index contributed by atoms with van der Waals surface area (Å²) in [7, 11) is 0. The molecule has 2 aliphatic rings. The van der Waals surface area contributed by atoms with Crippen LogP contribution in [0.2, 0.25) is 5.02 Å². The van der Waals surface area contributed by atoms with Crippen molar-refractivity contribution in [3.8, 4) is 11.5 Å². The van der Waals surface area contributed by atoms with Crippen molar-refractivity contribution in [2.45, 2.75) is 12.5 Å². The molecule has 0 amide bonds. The molecule has 1 atom stereocenters. The Balaban J connectivity index is 1.73. The van der Waals surface area contributed by atoms with Gasteiger partial charge in [0.1, 0.15) is 0 Å². The molecule has 5 heteroatoms. The van der Waals surface area contributed by atoms with Crippen LogP contribution in [0, 0.1) is 0 Å². The van der Waals surface area contributed by atoms with Crippen LogP contribution in [0.4, 0.5) is 0 Å². The summed E-state index contributed by atoms with van der Waals surface area (Å²) < 4.78 is 11.0. The number of ether oxygens (including phenoxy) is 2. The normalized spacial score (nSPS) is 19.0. The third-order valence-electron chi connectivity index (χ3n) is 4.64. The first-order chi connectivity index (χ1) is 11.8. The van der Waals surface area contributed by atoms with Crippen LogP contribution in [-0.2, 0) is 0 Å². The Morgan fingerprint density at radius 2 is 1.71 bits per heavy atom. The fraction of sp³-hybridized carbons (Fsp3) is 0.368. The lowest BCUT2D eigenvalue weighted by Crippen LogP contribution is -2.33. The third kappa shape index (κ3) is 3.22. The molecular weight excluding hydrogens is 324 g/mol. The van der Waals surface area contributed by atoms with Gasteiger partial charge in [0, 0.05) is 24.7 Å². The zero-order chi connectivity index (χ0) is 16.4. The van der Waals surface area contributed by atoms with E-state index in [1.807, 2.05) is 18.2 Å². The minimum Gasteiger partial charge on any atom is -0.454 e.